The monoisotopic (exact) mass is 290 g/mol. The molecular weight excluding hydrogens is 276 g/mol. The smallest absolute Gasteiger partial charge is 0.268 e. The predicted octanol–water partition coefficient (Wildman–Crippen LogP) is 0.734. The largest absolute Gasteiger partial charge is 0.311 e. The number of rotatable bonds is 5. The lowest BCUT2D eigenvalue weighted by atomic mass is 10.4. The fourth-order valence-electron chi connectivity index (χ4n) is 1.90. The second-order valence-electron chi connectivity index (χ2n) is 4.34. The zero-order valence-corrected chi connectivity index (χ0v) is 11.8. The second kappa shape index (κ2) is 5.51. The van der Waals surface area contributed by atoms with Crippen molar-refractivity contribution in [1.29, 1.82) is 0 Å². The first-order valence-electron chi connectivity index (χ1n) is 6.32. The Morgan fingerprint density at radius 1 is 1.50 bits per heavy atom. The van der Waals surface area contributed by atoms with Gasteiger partial charge in [-0.15, -0.1) is 16.4 Å². The number of nitrogens with one attached hydrogen (secondary N) is 2. The Hall–Kier alpha value is -2.06. The van der Waals surface area contributed by atoms with Crippen molar-refractivity contribution < 1.29 is 0 Å². The van der Waals surface area contributed by atoms with E-state index >= 15 is 0 Å². The minimum absolute atomic E-state index is 0.104. The summed E-state index contributed by atoms with van der Waals surface area (Å²) in [4.78, 5) is 19.0. The molecule has 8 heteroatoms. The molecule has 0 atom stereocenters. The van der Waals surface area contributed by atoms with E-state index in [-0.39, 0.29) is 5.56 Å². The van der Waals surface area contributed by atoms with Gasteiger partial charge in [0.15, 0.2) is 0 Å². The molecule has 0 fully saturated rings. The number of nitrogens with zero attached hydrogens (tertiary/aromatic N) is 4. The average Bonchev–Trinajstić information content (AvgIpc) is 3.05. The molecule has 0 aliphatic heterocycles. The Morgan fingerprint density at radius 3 is 3.25 bits per heavy atom. The van der Waals surface area contributed by atoms with Crippen LogP contribution in [0.25, 0.3) is 10.2 Å². The molecule has 0 saturated heterocycles. The van der Waals surface area contributed by atoms with E-state index < -0.39 is 0 Å². The number of hydrogen-bond acceptors (Lipinski definition) is 6. The third-order valence-corrected chi connectivity index (χ3v) is 3.72. The van der Waals surface area contributed by atoms with Crippen molar-refractivity contribution in [2.75, 3.05) is 6.54 Å². The van der Waals surface area contributed by atoms with Crippen LogP contribution in [0, 0.1) is 0 Å². The minimum Gasteiger partial charge on any atom is -0.311 e. The van der Waals surface area contributed by atoms with Crippen LogP contribution in [0.2, 0.25) is 0 Å². The summed E-state index contributed by atoms with van der Waals surface area (Å²) in [5.74, 6) is 0.584. The van der Waals surface area contributed by atoms with Crippen molar-refractivity contribution in [3.05, 3.63) is 39.5 Å². The summed E-state index contributed by atoms with van der Waals surface area (Å²) in [5, 5.41) is 13.1. The molecule has 0 saturated carbocycles. The molecule has 3 rings (SSSR count). The maximum atomic E-state index is 11.9. The topological polar surface area (TPSA) is 88.5 Å². The molecule has 0 aliphatic carbocycles. The van der Waals surface area contributed by atoms with Crippen LogP contribution in [0.15, 0.2) is 22.4 Å². The summed E-state index contributed by atoms with van der Waals surface area (Å²) in [7, 11) is 0. The summed E-state index contributed by atoms with van der Waals surface area (Å²) in [6.45, 7) is 4.01. The van der Waals surface area contributed by atoms with E-state index in [1.807, 2.05) is 24.6 Å². The number of hydrogen-bond donors (Lipinski definition) is 2. The molecule has 3 heterocycles. The zero-order valence-electron chi connectivity index (χ0n) is 11.0. The van der Waals surface area contributed by atoms with Gasteiger partial charge in [0.05, 0.1) is 17.4 Å². The molecule has 20 heavy (non-hydrogen) atoms. The van der Waals surface area contributed by atoms with E-state index in [1.54, 1.807) is 4.68 Å². The van der Waals surface area contributed by atoms with Gasteiger partial charge in [-0.05, 0) is 18.0 Å². The van der Waals surface area contributed by atoms with Crippen molar-refractivity contribution in [2.24, 2.45) is 0 Å². The molecule has 7 nitrogen and oxygen atoms in total. The maximum absolute atomic E-state index is 11.9. The van der Waals surface area contributed by atoms with Gasteiger partial charge in [0.25, 0.3) is 5.56 Å². The molecule has 0 bridgehead atoms. The highest BCUT2D eigenvalue weighted by atomic mass is 32.1. The van der Waals surface area contributed by atoms with E-state index in [0.29, 0.717) is 23.6 Å². The van der Waals surface area contributed by atoms with Crippen molar-refractivity contribution in [2.45, 2.75) is 20.0 Å². The molecule has 2 N–H and O–H groups in total. The van der Waals surface area contributed by atoms with Gasteiger partial charge in [0.2, 0.25) is 0 Å². The molecule has 0 spiro atoms. The number of thiophene rings is 1. The molecule has 104 valence electrons. The summed E-state index contributed by atoms with van der Waals surface area (Å²) < 4.78 is 2.32. The van der Waals surface area contributed by atoms with Gasteiger partial charge in [-0.3, -0.25) is 4.79 Å². The van der Waals surface area contributed by atoms with Crippen LogP contribution in [0.5, 0.6) is 0 Å². The van der Waals surface area contributed by atoms with Gasteiger partial charge in [-0.1, -0.05) is 12.1 Å². The lowest BCUT2D eigenvalue weighted by molar-refractivity contribution is 0.624. The molecule has 0 unspecified atom stereocenters. The summed E-state index contributed by atoms with van der Waals surface area (Å²) in [6.07, 6.45) is 1.85. The van der Waals surface area contributed by atoms with Gasteiger partial charge in [0.1, 0.15) is 17.1 Å². The molecule has 0 aliphatic rings. The van der Waals surface area contributed by atoms with E-state index in [0.717, 1.165) is 17.8 Å². The maximum Gasteiger partial charge on any atom is 0.268 e. The van der Waals surface area contributed by atoms with Crippen molar-refractivity contribution >= 4 is 21.6 Å². The Bertz CT molecular complexity index is 773. The van der Waals surface area contributed by atoms with Crippen molar-refractivity contribution in [3.8, 4) is 0 Å². The third-order valence-electron chi connectivity index (χ3n) is 2.82. The summed E-state index contributed by atoms with van der Waals surface area (Å²) >= 11 is 1.39. The summed E-state index contributed by atoms with van der Waals surface area (Å²) in [5.41, 5.74) is 1.49. The number of H-pyrrole nitrogens is 1. The van der Waals surface area contributed by atoms with Crippen LogP contribution in [-0.4, -0.2) is 31.5 Å². The Morgan fingerprint density at radius 2 is 2.40 bits per heavy atom. The Labute approximate surface area is 118 Å². The first-order chi connectivity index (χ1) is 9.76. The molecule has 0 radical (unpaired) electrons. The van der Waals surface area contributed by atoms with Crippen LogP contribution in [-0.2, 0) is 13.1 Å². The SMILES string of the molecule is CCNCc1cn(Cc2nc3ccsc3c(=O)[nH]2)nn1. The summed E-state index contributed by atoms with van der Waals surface area (Å²) in [6, 6.07) is 1.84. The molecule has 0 aromatic carbocycles. The molecular formula is C12H14N6OS. The van der Waals surface area contributed by atoms with E-state index in [9.17, 15) is 4.79 Å². The van der Waals surface area contributed by atoms with Gasteiger partial charge < -0.3 is 10.3 Å². The van der Waals surface area contributed by atoms with Crippen LogP contribution < -0.4 is 10.9 Å². The minimum atomic E-state index is -0.104. The lowest BCUT2D eigenvalue weighted by Gasteiger charge is -2.00. The van der Waals surface area contributed by atoms with Crippen LogP contribution in [0.4, 0.5) is 0 Å². The van der Waals surface area contributed by atoms with Gasteiger partial charge >= 0.3 is 0 Å². The van der Waals surface area contributed by atoms with E-state index in [4.69, 9.17) is 0 Å². The van der Waals surface area contributed by atoms with Gasteiger partial charge in [-0.25, -0.2) is 9.67 Å². The normalized spacial score (nSPS) is 11.2. The van der Waals surface area contributed by atoms with E-state index in [1.165, 1.54) is 11.3 Å². The lowest BCUT2D eigenvalue weighted by Crippen LogP contribution is -2.13. The van der Waals surface area contributed by atoms with Gasteiger partial charge in [0, 0.05) is 6.54 Å². The standard InChI is InChI=1S/C12H14N6OS/c1-2-13-5-8-6-18(17-16-8)7-10-14-9-3-4-20-11(9)12(19)15-10/h3-4,6,13H,2,5,7H2,1H3,(H,14,15,19). The molecule has 0 amide bonds. The number of aromatic nitrogens is 5. The highest BCUT2D eigenvalue weighted by molar-refractivity contribution is 7.17. The first-order valence-corrected chi connectivity index (χ1v) is 7.20. The Kier molecular flexibility index (Phi) is 3.57. The quantitative estimate of drug-likeness (QED) is 0.723. The number of fused-ring (bicyclic) bond motifs is 1. The fourth-order valence-corrected chi connectivity index (χ4v) is 2.63. The first kappa shape index (κ1) is 12.9. The highest BCUT2D eigenvalue weighted by Gasteiger charge is 2.07. The zero-order chi connectivity index (χ0) is 13.9. The van der Waals surface area contributed by atoms with Crippen LogP contribution in [0.1, 0.15) is 18.4 Å². The van der Waals surface area contributed by atoms with Crippen molar-refractivity contribution in [3.63, 3.8) is 0 Å². The third kappa shape index (κ3) is 2.61. The van der Waals surface area contributed by atoms with Crippen LogP contribution >= 0.6 is 11.3 Å². The van der Waals surface area contributed by atoms with Crippen molar-refractivity contribution in [1.82, 2.24) is 30.3 Å². The second-order valence-corrected chi connectivity index (χ2v) is 5.25. The predicted molar refractivity (Wildman–Crippen MR) is 76.7 cm³/mol. The average molecular weight is 290 g/mol. The van der Waals surface area contributed by atoms with Crippen LogP contribution in [0.3, 0.4) is 0 Å². The Balaban J connectivity index is 1.81. The molecule has 3 aromatic heterocycles. The van der Waals surface area contributed by atoms with Gasteiger partial charge in [-0.2, -0.15) is 0 Å². The van der Waals surface area contributed by atoms with E-state index in [2.05, 4.69) is 25.6 Å². The molecule has 3 aromatic rings. The number of aromatic amines is 1. The highest BCUT2D eigenvalue weighted by Crippen LogP contribution is 2.13. The fraction of sp³-hybridized carbons (Fsp3) is 0.333.